The van der Waals surface area contributed by atoms with E-state index in [1.54, 1.807) is 47.9 Å². The summed E-state index contributed by atoms with van der Waals surface area (Å²) in [4.78, 5) is 25.0. The zero-order valence-corrected chi connectivity index (χ0v) is 14.5. The van der Waals surface area contributed by atoms with E-state index >= 15 is 0 Å². The minimum Gasteiger partial charge on any atom is -0.485 e. The predicted molar refractivity (Wildman–Crippen MR) is 94.2 cm³/mol. The Kier molecular flexibility index (Phi) is 5.28. The molecule has 8 heteroatoms. The summed E-state index contributed by atoms with van der Waals surface area (Å²) in [5.41, 5.74) is 0.731. The van der Waals surface area contributed by atoms with Gasteiger partial charge in [-0.1, -0.05) is 6.07 Å². The molecule has 7 nitrogen and oxygen atoms in total. The summed E-state index contributed by atoms with van der Waals surface area (Å²) in [7, 11) is 0. The van der Waals surface area contributed by atoms with Crippen molar-refractivity contribution in [3.8, 4) is 5.75 Å². The Morgan fingerprint density at radius 1 is 1.48 bits per heavy atom. The molecule has 132 valence electrons. The van der Waals surface area contributed by atoms with Crippen LogP contribution in [0.2, 0.25) is 0 Å². The third kappa shape index (κ3) is 3.96. The predicted octanol–water partition coefficient (Wildman–Crippen LogP) is 3.13. The fraction of sp³-hybridized carbons (Fsp3) is 0.353. The van der Waals surface area contributed by atoms with E-state index in [9.17, 15) is 14.9 Å². The van der Waals surface area contributed by atoms with Crippen molar-refractivity contribution in [1.29, 1.82) is 0 Å². The highest BCUT2D eigenvalue weighted by Gasteiger charge is 2.30. The summed E-state index contributed by atoms with van der Waals surface area (Å²) in [5.74, 6) is 1.88. The Morgan fingerprint density at radius 2 is 2.32 bits per heavy atom. The molecule has 1 aromatic carbocycles. The summed E-state index contributed by atoms with van der Waals surface area (Å²) in [6.45, 7) is 2.58. The van der Waals surface area contributed by atoms with Gasteiger partial charge in [0.05, 0.1) is 17.2 Å². The number of carbonyl (C=O) groups excluding carboxylic acids is 1. The van der Waals surface area contributed by atoms with E-state index in [0.29, 0.717) is 18.1 Å². The van der Waals surface area contributed by atoms with E-state index in [2.05, 4.69) is 0 Å². The summed E-state index contributed by atoms with van der Waals surface area (Å²) >= 11 is 1.73. The summed E-state index contributed by atoms with van der Waals surface area (Å²) in [6, 6.07) is 7.99. The molecule has 1 amide bonds. The van der Waals surface area contributed by atoms with Gasteiger partial charge in [-0.3, -0.25) is 14.9 Å². The zero-order valence-electron chi connectivity index (χ0n) is 13.7. The molecule has 0 bridgehead atoms. The number of rotatable bonds is 5. The second-order valence-corrected chi connectivity index (χ2v) is 6.89. The lowest BCUT2D eigenvalue weighted by Crippen LogP contribution is -2.49. The first-order valence-corrected chi connectivity index (χ1v) is 9.02. The number of hydrogen-bond donors (Lipinski definition) is 0. The van der Waals surface area contributed by atoms with Gasteiger partial charge in [-0.05, 0) is 30.7 Å². The van der Waals surface area contributed by atoms with E-state index < -0.39 is 4.92 Å². The van der Waals surface area contributed by atoms with Crippen LogP contribution >= 0.6 is 11.8 Å². The smallest absolute Gasteiger partial charge is 0.311 e. The van der Waals surface area contributed by atoms with Crippen molar-refractivity contribution in [3.63, 3.8) is 0 Å². The van der Waals surface area contributed by atoms with Crippen LogP contribution < -0.4 is 4.74 Å². The van der Waals surface area contributed by atoms with Crippen molar-refractivity contribution >= 4 is 23.4 Å². The van der Waals surface area contributed by atoms with Crippen LogP contribution in [0.1, 0.15) is 16.1 Å². The standard InChI is InChI=1S/C17H18N2O5S/c1-12-4-5-15(14(9-12)19(21)22)24-10-13-11-25-8-6-18(13)17(20)16-3-2-7-23-16/h2-5,7,9,13H,6,8,10-11H2,1H3. The molecule has 2 heterocycles. The number of nitro groups is 1. The topological polar surface area (TPSA) is 85.8 Å². The van der Waals surface area contributed by atoms with Crippen molar-refractivity contribution in [1.82, 2.24) is 4.90 Å². The Morgan fingerprint density at radius 3 is 3.04 bits per heavy atom. The van der Waals surface area contributed by atoms with Crippen LogP contribution in [0.5, 0.6) is 5.75 Å². The fourth-order valence-electron chi connectivity index (χ4n) is 2.68. The highest BCUT2D eigenvalue weighted by Crippen LogP contribution is 2.29. The van der Waals surface area contributed by atoms with E-state index in [-0.39, 0.29) is 30.0 Å². The van der Waals surface area contributed by atoms with Gasteiger partial charge in [0.2, 0.25) is 0 Å². The molecule has 1 fully saturated rings. The van der Waals surface area contributed by atoms with Crippen LogP contribution in [0.3, 0.4) is 0 Å². The van der Waals surface area contributed by atoms with Crippen LogP contribution in [0.25, 0.3) is 0 Å². The highest BCUT2D eigenvalue weighted by molar-refractivity contribution is 7.99. The Labute approximate surface area is 149 Å². The monoisotopic (exact) mass is 362 g/mol. The van der Waals surface area contributed by atoms with Gasteiger partial charge in [0, 0.05) is 24.1 Å². The van der Waals surface area contributed by atoms with Gasteiger partial charge in [0.25, 0.3) is 5.91 Å². The molecular weight excluding hydrogens is 344 g/mol. The first-order chi connectivity index (χ1) is 12.1. The number of hydrogen-bond acceptors (Lipinski definition) is 6. The minimum absolute atomic E-state index is 0.0626. The van der Waals surface area contributed by atoms with Crippen LogP contribution in [0.4, 0.5) is 5.69 Å². The normalized spacial score (nSPS) is 17.3. The Hall–Kier alpha value is -2.48. The van der Waals surface area contributed by atoms with Gasteiger partial charge in [-0.25, -0.2) is 0 Å². The minimum atomic E-state index is -0.455. The van der Waals surface area contributed by atoms with Crippen LogP contribution in [-0.4, -0.2) is 46.4 Å². The number of nitrogens with zero attached hydrogens (tertiary/aromatic N) is 2. The molecule has 25 heavy (non-hydrogen) atoms. The average molecular weight is 362 g/mol. The Bertz CT molecular complexity index is 762. The first kappa shape index (κ1) is 17.3. The lowest BCUT2D eigenvalue weighted by molar-refractivity contribution is -0.385. The largest absolute Gasteiger partial charge is 0.485 e. The number of carbonyl (C=O) groups is 1. The molecule has 1 aliphatic rings. The van der Waals surface area contributed by atoms with Crippen LogP contribution in [0.15, 0.2) is 41.0 Å². The average Bonchev–Trinajstić information content (AvgIpc) is 3.15. The third-order valence-corrected chi connectivity index (χ3v) is 5.05. The van der Waals surface area contributed by atoms with Crippen molar-refractivity contribution in [2.24, 2.45) is 0 Å². The SMILES string of the molecule is Cc1ccc(OCC2CSCCN2C(=O)c2ccco2)c([N+](=O)[O-])c1. The molecule has 0 spiro atoms. The van der Waals surface area contributed by atoms with Crippen molar-refractivity contribution in [2.75, 3.05) is 24.7 Å². The van der Waals surface area contributed by atoms with Gasteiger partial charge in [-0.2, -0.15) is 11.8 Å². The van der Waals surface area contributed by atoms with Crippen molar-refractivity contribution < 1.29 is 18.9 Å². The van der Waals surface area contributed by atoms with Gasteiger partial charge >= 0.3 is 5.69 Å². The molecule has 0 radical (unpaired) electrons. The molecule has 1 aliphatic heterocycles. The van der Waals surface area contributed by atoms with E-state index in [4.69, 9.17) is 9.15 Å². The van der Waals surface area contributed by atoms with Gasteiger partial charge in [0.1, 0.15) is 6.61 Å². The van der Waals surface area contributed by atoms with E-state index in [1.165, 1.54) is 12.3 Å². The van der Waals surface area contributed by atoms with E-state index in [1.807, 2.05) is 0 Å². The van der Waals surface area contributed by atoms with Gasteiger partial charge in [-0.15, -0.1) is 0 Å². The van der Waals surface area contributed by atoms with E-state index in [0.717, 1.165) is 11.3 Å². The second-order valence-electron chi connectivity index (χ2n) is 5.74. The van der Waals surface area contributed by atoms with Crippen LogP contribution in [-0.2, 0) is 0 Å². The lowest BCUT2D eigenvalue weighted by Gasteiger charge is -2.34. The number of nitro benzene ring substituents is 1. The third-order valence-electron chi connectivity index (χ3n) is 3.96. The molecule has 2 aromatic rings. The van der Waals surface area contributed by atoms with Crippen molar-refractivity contribution in [3.05, 3.63) is 58.0 Å². The summed E-state index contributed by atoms with van der Waals surface area (Å²) in [6.07, 6.45) is 1.47. The van der Waals surface area contributed by atoms with Gasteiger partial charge < -0.3 is 14.1 Å². The number of amides is 1. The second kappa shape index (κ2) is 7.60. The number of furan rings is 1. The maximum absolute atomic E-state index is 12.6. The molecule has 3 rings (SSSR count). The molecule has 0 N–H and O–H groups in total. The molecule has 1 unspecified atom stereocenters. The molecule has 1 saturated heterocycles. The number of thioether (sulfide) groups is 1. The van der Waals surface area contributed by atoms with Gasteiger partial charge in [0.15, 0.2) is 11.5 Å². The maximum Gasteiger partial charge on any atom is 0.311 e. The lowest BCUT2D eigenvalue weighted by atomic mass is 10.2. The summed E-state index contributed by atoms with van der Waals surface area (Å²) < 4.78 is 10.9. The number of aryl methyl sites for hydroxylation is 1. The molecule has 0 saturated carbocycles. The maximum atomic E-state index is 12.6. The molecule has 1 aromatic heterocycles. The zero-order chi connectivity index (χ0) is 17.8. The summed E-state index contributed by atoms with van der Waals surface area (Å²) in [5, 5.41) is 11.2. The number of benzene rings is 1. The quantitative estimate of drug-likeness (QED) is 0.600. The molecule has 0 aliphatic carbocycles. The molecular formula is C17H18N2O5S. The highest BCUT2D eigenvalue weighted by atomic mass is 32.2. The fourth-order valence-corrected chi connectivity index (χ4v) is 3.72. The van der Waals surface area contributed by atoms with Crippen LogP contribution in [0, 0.1) is 17.0 Å². The molecule has 1 atom stereocenters. The number of ether oxygens (including phenoxy) is 1. The van der Waals surface area contributed by atoms with Crippen molar-refractivity contribution in [2.45, 2.75) is 13.0 Å². The Balaban J connectivity index is 1.73. The first-order valence-electron chi connectivity index (χ1n) is 7.86.